The molecular weight excluding hydrogens is 525 g/mol. The van der Waals surface area contributed by atoms with E-state index in [4.69, 9.17) is 4.52 Å². The van der Waals surface area contributed by atoms with Gasteiger partial charge in [0, 0.05) is 66.3 Å². The Labute approximate surface area is 208 Å². The van der Waals surface area contributed by atoms with Crippen molar-refractivity contribution < 1.29 is 17.7 Å². The molecule has 1 aliphatic heterocycles. The molecule has 0 N–H and O–H groups in total. The average molecular weight is 547 g/mol. The van der Waals surface area contributed by atoms with E-state index in [-0.39, 0.29) is 5.82 Å². The van der Waals surface area contributed by atoms with Gasteiger partial charge in [0.1, 0.15) is 5.82 Å². The summed E-state index contributed by atoms with van der Waals surface area (Å²) in [5.41, 5.74) is 2.19. The van der Waals surface area contributed by atoms with Crippen LogP contribution in [0.4, 0.5) is 18.9 Å². The van der Waals surface area contributed by atoms with Crippen molar-refractivity contribution in [2.75, 3.05) is 38.1 Å². The van der Waals surface area contributed by atoms with Gasteiger partial charge in [-0.25, -0.2) is 4.98 Å². The van der Waals surface area contributed by atoms with Crippen molar-refractivity contribution in [2.45, 2.75) is 6.18 Å². The van der Waals surface area contributed by atoms with Gasteiger partial charge >= 0.3 is 6.18 Å². The van der Waals surface area contributed by atoms with Gasteiger partial charge < -0.3 is 18.9 Å². The molecule has 2 aromatic carbocycles. The number of hydrogen-bond acceptors (Lipinski definition) is 6. The molecule has 2 aromatic heterocycles. The molecule has 35 heavy (non-hydrogen) atoms. The summed E-state index contributed by atoms with van der Waals surface area (Å²) in [6.45, 7) is 3.75. The van der Waals surface area contributed by atoms with Gasteiger partial charge in [0.05, 0.1) is 0 Å². The van der Waals surface area contributed by atoms with E-state index in [1.807, 2.05) is 12.1 Å². The Morgan fingerprint density at radius 2 is 1.60 bits per heavy atom. The van der Waals surface area contributed by atoms with E-state index in [1.165, 1.54) is 11.6 Å². The Bertz CT molecular complexity index is 1340. The van der Waals surface area contributed by atoms with Gasteiger partial charge in [-0.05, 0) is 37.4 Å². The van der Waals surface area contributed by atoms with E-state index in [9.17, 15) is 13.2 Å². The Hall–Kier alpha value is -3.18. The molecule has 0 unspecified atom stereocenters. The van der Waals surface area contributed by atoms with Crippen molar-refractivity contribution in [3.05, 3.63) is 58.8 Å². The summed E-state index contributed by atoms with van der Waals surface area (Å²) >= 11 is 3.54. The van der Waals surface area contributed by atoms with Crippen molar-refractivity contribution >= 4 is 21.6 Å². The zero-order chi connectivity index (χ0) is 24.7. The molecular formula is C24H22BrF3N6O. The van der Waals surface area contributed by atoms with Crippen LogP contribution in [0.15, 0.2) is 57.7 Å². The zero-order valence-electron chi connectivity index (χ0n) is 19.1. The number of likely N-dealkylation sites (N-methyl/N-ethyl adjacent to an activating group) is 1. The summed E-state index contributed by atoms with van der Waals surface area (Å²) < 4.78 is 46.8. The minimum atomic E-state index is -4.49. The van der Waals surface area contributed by atoms with Gasteiger partial charge in [0.2, 0.25) is 5.82 Å². The van der Waals surface area contributed by atoms with Gasteiger partial charge in [-0.3, -0.25) is 0 Å². The fourth-order valence-electron chi connectivity index (χ4n) is 4.09. The third-order valence-electron chi connectivity index (χ3n) is 6.03. The Morgan fingerprint density at radius 3 is 2.26 bits per heavy atom. The second kappa shape index (κ2) is 9.12. The molecule has 0 saturated carbocycles. The molecule has 1 fully saturated rings. The summed E-state index contributed by atoms with van der Waals surface area (Å²) in [5, 5.41) is 4.21. The van der Waals surface area contributed by atoms with Crippen LogP contribution in [-0.2, 0) is 13.2 Å². The largest absolute Gasteiger partial charge is 0.434 e. The van der Waals surface area contributed by atoms with Crippen molar-refractivity contribution in [1.29, 1.82) is 0 Å². The highest BCUT2D eigenvalue weighted by Crippen LogP contribution is 2.34. The second-order valence-corrected chi connectivity index (χ2v) is 9.43. The van der Waals surface area contributed by atoms with Crippen LogP contribution >= 0.6 is 15.9 Å². The number of aromatic nitrogens is 4. The van der Waals surface area contributed by atoms with Gasteiger partial charge in [-0.15, -0.1) is 0 Å². The zero-order valence-corrected chi connectivity index (χ0v) is 20.6. The number of halogens is 4. The highest BCUT2D eigenvalue weighted by Gasteiger charge is 2.34. The molecule has 0 amide bonds. The van der Waals surface area contributed by atoms with E-state index < -0.39 is 11.9 Å². The van der Waals surface area contributed by atoms with Crippen LogP contribution in [0.3, 0.4) is 0 Å². The number of hydrogen-bond donors (Lipinski definition) is 0. The number of nitrogens with zero attached hydrogens (tertiary/aromatic N) is 6. The van der Waals surface area contributed by atoms with Gasteiger partial charge in [-0.1, -0.05) is 33.2 Å². The summed E-state index contributed by atoms with van der Waals surface area (Å²) in [7, 11) is 3.64. The normalized spacial score (nSPS) is 15.1. The molecule has 3 heterocycles. The minimum absolute atomic E-state index is 0.223. The third-order valence-corrected chi connectivity index (χ3v) is 6.52. The van der Waals surface area contributed by atoms with Gasteiger partial charge in [-0.2, -0.15) is 18.2 Å². The molecule has 4 aromatic rings. The first kappa shape index (κ1) is 23.6. The first-order valence-corrected chi connectivity index (χ1v) is 11.8. The van der Waals surface area contributed by atoms with E-state index in [1.54, 1.807) is 24.3 Å². The summed E-state index contributed by atoms with van der Waals surface area (Å²) in [6, 6.07) is 12.9. The number of benzene rings is 2. The molecule has 182 valence electrons. The number of imidazole rings is 1. The Kier molecular flexibility index (Phi) is 6.14. The Balaban J connectivity index is 1.42. The van der Waals surface area contributed by atoms with Crippen LogP contribution in [0.25, 0.3) is 34.2 Å². The molecule has 1 aliphatic rings. The van der Waals surface area contributed by atoms with Crippen LogP contribution < -0.4 is 4.90 Å². The fourth-order valence-corrected chi connectivity index (χ4v) is 4.45. The van der Waals surface area contributed by atoms with E-state index >= 15 is 0 Å². The number of piperazine rings is 1. The lowest BCUT2D eigenvalue weighted by molar-refractivity contribution is -0.140. The maximum atomic E-state index is 13.0. The minimum Gasteiger partial charge on any atom is -0.368 e. The standard InChI is InChI=1S/C24H22BrF3N6O/c1-32-9-11-34(12-10-32)19-8-7-17(25)13-18(19)21-30-23(35-31-21)16-5-3-15(4-6-16)22-29-20(14-33(22)2)24(26,27)28/h3-8,13-14H,9-12H2,1-2H3. The number of anilines is 1. The number of rotatable bonds is 4. The first-order chi connectivity index (χ1) is 16.7. The van der Waals surface area contributed by atoms with Crippen LogP contribution in [0.2, 0.25) is 0 Å². The molecule has 0 atom stereocenters. The highest BCUT2D eigenvalue weighted by molar-refractivity contribution is 9.10. The number of aryl methyl sites for hydroxylation is 1. The lowest BCUT2D eigenvalue weighted by atomic mass is 10.1. The first-order valence-electron chi connectivity index (χ1n) is 11.0. The summed E-state index contributed by atoms with van der Waals surface area (Å²) in [6.07, 6.45) is -3.52. The fraction of sp³-hybridized carbons (Fsp3) is 0.292. The van der Waals surface area contributed by atoms with Crippen molar-refractivity contribution in [1.82, 2.24) is 24.6 Å². The van der Waals surface area contributed by atoms with Crippen LogP contribution in [0.5, 0.6) is 0 Å². The predicted molar refractivity (Wildman–Crippen MR) is 130 cm³/mol. The lowest BCUT2D eigenvalue weighted by Gasteiger charge is -2.34. The quantitative estimate of drug-likeness (QED) is 0.344. The maximum Gasteiger partial charge on any atom is 0.434 e. The van der Waals surface area contributed by atoms with Crippen molar-refractivity contribution in [2.24, 2.45) is 7.05 Å². The average Bonchev–Trinajstić information content (AvgIpc) is 3.47. The smallest absolute Gasteiger partial charge is 0.368 e. The molecule has 0 bridgehead atoms. The second-order valence-electron chi connectivity index (χ2n) is 8.51. The van der Waals surface area contributed by atoms with Crippen LogP contribution in [0, 0.1) is 0 Å². The molecule has 7 nitrogen and oxygen atoms in total. The molecule has 5 rings (SSSR count). The summed E-state index contributed by atoms with van der Waals surface area (Å²) in [5.74, 6) is 1.02. The third kappa shape index (κ3) is 4.83. The predicted octanol–water partition coefficient (Wildman–Crippen LogP) is 5.34. The monoisotopic (exact) mass is 546 g/mol. The van der Waals surface area contributed by atoms with E-state index in [0.29, 0.717) is 22.8 Å². The number of alkyl halides is 3. The van der Waals surface area contributed by atoms with E-state index in [0.717, 1.165) is 48.1 Å². The highest BCUT2D eigenvalue weighted by atomic mass is 79.9. The molecule has 1 saturated heterocycles. The van der Waals surface area contributed by atoms with Crippen molar-refractivity contribution in [3.8, 4) is 34.2 Å². The molecule has 11 heteroatoms. The van der Waals surface area contributed by atoms with E-state index in [2.05, 4.69) is 54.0 Å². The van der Waals surface area contributed by atoms with Gasteiger partial charge in [0.15, 0.2) is 5.69 Å². The SMILES string of the molecule is CN1CCN(c2ccc(Br)cc2-c2noc(-c3ccc(-c4nc(C(F)(F)F)cn4C)cc3)n2)CC1. The topological polar surface area (TPSA) is 63.2 Å². The molecule has 0 spiro atoms. The van der Waals surface area contributed by atoms with Crippen molar-refractivity contribution in [3.63, 3.8) is 0 Å². The molecule has 0 radical (unpaired) electrons. The van der Waals surface area contributed by atoms with Gasteiger partial charge in [0.25, 0.3) is 5.89 Å². The Morgan fingerprint density at radius 1 is 0.914 bits per heavy atom. The van der Waals surface area contributed by atoms with Crippen LogP contribution in [0.1, 0.15) is 5.69 Å². The lowest BCUT2D eigenvalue weighted by Crippen LogP contribution is -2.44. The maximum absolute atomic E-state index is 13.0. The van der Waals surface area contributed by atoms with Crippen LogP contribution in [-0.4, -0.2) is 57.8 Å². The summed E-state index contributed by atoms with van der Waals surface area (Å²) in [4.78, 5) is 13.0. The molecule has 0 aliphatic carbocycles.